The van der Waals surface area contributed by atoms with Crippen molar-refractivity contribution in [3.05, 3.63) is 71.3 Å². The van der Waals surface area contributed by atoms with Gasteiger partial charge in [0.15, 0.2) is 5.82 Å². The Morgan fingerprint density at radius 1 is 1.16 bits per heavy atom. The Balaban J connectivity index is 1.27. The molecule has 12 heteroatoms. The van der Waals surface area contributed by atoms with E-state index in [0.29, 0.717) is 42.0 Å². The summed E-state index contributed by atoms with van der Waals surface area (Å²) >= 11 is 6.08. The number of aromatic nitrogens is 5. The van der Waals surface area contributed by atoms with E-state index in [-0.39, 0.29) is 28.4 Å². The van der Waals surface area contributed by atoms with Gasteiger partial charge in [-0.05, 0) is 77.7 Å². The zero-order valence-electron chi connectivity index (χ0n) is 19.3. The van der Waals surface area contributed by atoms with Crippen LogP contribution in [-0.2, 0) is 9.59 Å². The number of anilines is 2. The molecule has 0 aliphatic carbocycles. The number of benzene rings is 2. The molecule has 4 heterocycles. The third kappa shape index (κ3) is 4.06. The first kappa shape index (κ1) is 23.0. The van der Waals surface area contributed by atoms with Crippen molar-refractivity contribution in [1.29, 1.82) is 0 Å². The molecule has 2 atom stereocenters. The molecule has 4 aromatic rings. The third-order valence-corrected chi connectivity index (χ3v) is 7.07. The average molecular weight is 519 g/mol. The Hall–Kier alpha value is -4.38. The van der Waals surface area contributed by atoms with E-state index in [1.807, 2.05) is 12.1 Å². The maximum atomic E-state index is 15.2. The smallest absolute Gasteiger partial charge is 0.247 e. The van der Waals surface area contributed by atoms with Gasteiger partial charge in [-0.15, -0.1) is 5.10 Å². The summed E-state index contributed by atoms with van der Waals surface area (Å²) in [6.45, 7) is 0. The molecule has 2 aromatic carbocycles. The van der Waals surface area contributed by atoms with E-state index in [9.17, 15) is 9.59 Å². The Bertz CT molecular complexity index is 1590. The van der Waals surface area contributed by atoms with Gasteiger partial charge in [0.05, 0.1) is 16.2 Å². The molecule has 1 saturated heterocycles. The lowest BCUT2D eigenvalue weighted by Crippen LogP contribution is -2.48. The predicted octanol–water partition coefficient (Wildman–Crippen LogP) is 3.37. The minimum Gasteiger partial charge on any atom is -0.384 e. The molecule has 2 amide bonds. The van der Waals surface area contributed by atoms with Crippen LogP contribution in [0.4, 0.5) is 15.9 Å². The number of halogens is 2. The van der Waals surface area contributed by atoms with Crippen molar-refractivity contribution >= 4 is 51.4 Å². The fourth-order valence-corrected chi connectivity index (χ4v) is 5.30. The summed E-state index contributed by atoms with van der Waals surface area (Å²) in [5.74, 6) is -0.870. The van der Waals surface area contributed by atoms with Crippen LogP contribution in [-0.4, -0.2) is 54.0 Å². The van der Waals surface area contributed by atoms with Crippen molar-refractivity contribution in [1.82, 2.24) is 30.1 Å². The number of hydrogen-bond donors (Lipinski definition) is 2. The van der Waals surface area contributed by atoms with Crippen molar-refractivity contribution in [3.63, 3.8) is 0 Å². The normalized spacial score (nSPS) is 19.1. The molecule has 2 aromatic heterocycles. The monoisotopic (exact) mass is 518 g/mol. The van der Waals surface area contributed by atoms with Crippen LogP contribution in [0.5, 0.6) is 0 Å². The van der Waals surface area contributed by atoms with Crippen LogP contribution in [0.15, 0.2) is 54.9 Å². The Kier molecular flexibility index (Phi) is 5.56. The predicted molar refractivity (Wildman–Crippen MR) is 135 cm³/mol. The van der Waals surface area contributed by atoms with Crippen LogP contribution in [0, 0.1) is 5.82 Å². The molecular weight excluding hydrogens is 499 g/mol. The third-order valence-electron chi connectivity index (χ3n) is 6.78. The van der Waals surface area contributed by atoms with Crippen LogP contribution in [0.3, 0.4) is 0 Å². The number of nitrogens with two attached hydrogens (primary N) is 1. The zero-order chi connectivity index (χ0) is 25.7. The number of nitrogens with zero attached hydrogens (tertiary/aromatic N) is 6. The fraction of sp³-hybridized carbons (Fsp3) is 0.200. The molecule has 0 radical (unpaired) electrons. The number of amides is 2. The standard InChI is InChI=1S/C25H20ClFN8O2/c26-17-4-7-19(34-12-29-32-33-34)23(24(17)27)14-10-16-3-6-20(35(16)22(36)11-14)25(37)30-15-2-5-18-13(9-15)1-8-21(28)31-18/h1-2,4-5,7-9,11-12,16,20H,3,6,10H2,(H2,28,31)(H,30,37). The molecule has 0 bridgehead atoms. The van der Waals surface area contributed by atoms with Crippen LogP contribution in [0.25, 0.3) is 22.2 Å². The number of tetrazole rings is 1. The van der Waals surface area contributed by atoms with Crippen molar-refractivity contribution in [2.24, 2.45) is 0 Å². The van der Waals surface area contributed by atoms with E-state index < -0.39 is 11.9 Å². The van der Waals surface area contributed by atoms with Crippen molar-refractivity contribution < 1.29 is 14.0 Å². The summed E-state index contributed by atoms with van der Waals surface area (Å²) in [6, 6.07) is 11.0. The molecule has 2 aliphatic heterocycles. The van der Waals surface area contributed by atoms with Crippen LogP contribution >= 0.6 is 11.6 Å². The summed E-state index contributed by atoms with van der Waals surface area (Å²) < 4.78 is 16.6. The molecule has 2 unspecified atom stereocenters. The SMILES string of the molecule is Nc1ccc2cc(NC(=O)C3CCC4CC(c5c(-n6cnnn6)ccc(Cl)c5F)=CC(=O)N43)ccc2n1. The van der Waals surface area contributed by atoms with E-state index in [1.165, 1.54) is 23.2 Å². The molecule has 6 rings (SSSR count). The van der Waals surface area contributed by atoms with Gasteiger partial charge in [0.2, 0.25) is 11.8 Å². The van der Waals surface area contributed by atoms with E-state index in [0.717, 1.165) is 10.9 Å². The van der Waals surface area contributed by atoms with Gasteiger partial charge < -0.3 is 16.0 Å². The molecule has 0 saturated carbocycles. The van der Waals surface area contributed by atoms with Gasteiger partial charge >= 0.3 is 0 Å². The van der Waals surface area contributed by atoms with Crippen LogP contribution in [0.2, 0.25) is 5.02 Å². The van der Waals surface area contributed by atoms with Crippen LogP contribution in [0.1, 0.15) is 24.8 Å². The summed E-state index contributed by atoms with van der Waals surface area (Å²) in [5, 5.41) is 14.8. The molecule has 0 spiro atoms. The molecule has 1 fully saturated rings. The highest BCUT2D eigenvalue weighted by atomic mass is 35.5. The number of carbonyl (C=O) groups is 2. The van der Waals surface area contributed by atoms with Gasteiger partial charge in [0.25, 0.3) is 0 Å². The van der Waals surface area contributed by atoms with E-state index in [4.69, 9.17) is 17.3 Å². The van der Waals surface area contributed by atoms with Crippen LogP contribution < -0.4 is 11.1 Å². The Labute approximate surface area is 214 Å². The van der Waals surface area contributed by atoms with Gasteiger partial charge in [-0.25, -0.2) is 9.37 Å². The highest BCUT2D eigenvalue weighted by Crippen LogP contribution is 2.40. The second-order valence-electron chi connectivity index (χ2n) is 9.01. The summed E-state index contributed by atoms with van der Waals surface area (Å²) in [7, 11) is 0. The minimum absolute atomic E-state index is 0.0699. The van der Waals surface area contributed by atoms with Crippen molar-refractivity contribution in [3.8, 4) is 5.69 Å². The first-order chi connectivity index (χ1) is 17.9. The minimum atomic E-state index is -0.651. The zero-order valence-corrected chi connectivity index (χ0v) is 20.1. The summed E-state index contributed by atoms with van der Waals surface area (Å²) in [5.41, 5.74) is 8.08. The van der Waals surface area contributed by atoms with Gasteiger partial charge in [0.1, 0.15) is 18.2 Å². The quantitative estimate of drug-likeness (QED) is 0.423. The largest absolute Gasteiger partial charge is 0.384 e. The summed E-state index contributed by atoms with van der Waals surface area (Å²) in [6.07, 6.45) is 4.18. The van der Waals surface area contributed by atoms with E-state index >= 15 is 4.39 Å². The number of fused-ring (bicyclic) bond motifs is 2. The number of carbonyl (C=O) groups excluding carboxylic acids is 2. The maximum Gasteiger partial charge on any atom is 0.247 e. The lowest BCUT2D eigenvalue weighted by molar-refractivity contribution is -0.135. The molecule has 10 nitrogen and oxygen atoms in total. The number of nitrogens with one attached hydrogen (secondary N) is 1. The lowest BCUT2D eigenvalue weighted by atomic mass is 9.92. The molecule has 186 valence electrons. The highest BCUT2D eigenvalue weighted by Gasteiger charge is 2.43. The van der Waals surface area contributed by atoms with Gasteiger partial charge in [0, 0.05) is 28.8 Å². The average Bonchev–Trinajstić information content (AvgIpc) is 3.56. The maximum absolute atomic E-state index is 15.2. The molecule has 2 aliphatic rings. The van der Waals surface area contributed by atoms with Gasteiger partial charge in [-0.2, -0.15) is 4.68 Å². The summed E-state index contributed by atoms with van der Waals surface area (Å²) in [4.78, 5) is 32.3. The van der Waals surface area contributed by atoms with Gasteiger partial charge in [-0.3, -0.25) is 9.59 Å². The number of hydrogen-bond acceptors (Lipinski definition) is 7. The van der Waals surface area contributed by atoms with E-state index in [1.54, 1.807) is 29.2 Å². The highest BCUT2D eigenvalue weighted by molar-refractivity contribution is 6.31. The second kappa shape index (κ2) is 8.93. The first-order valence-corrected chi connectivity index (χ1v) is 12.0. The number of rotatable bonds is 4. The molecular formula is C25H20ClFN8O2. The molecule has 3 N–H and O–H groups in total. The lowest BCUT2D eigenvalue weighted by Gasteiger charge is -2.33. The topological polar surface area (TPSA) is 132 Å². The van der Waals surface area contributed by atoms with E-state index in [2.05, 4.69) is 25.8 Å². The number of nitrogen functional groups attached to an aromatic ring is 1. The van der Waals surface area contributed by atoms with Gasteiger partial charge in [-0.1, -0.05) is 11.6 Å². The Morgan fingerprint density at radius 3 is 2.84 bits per heavy atom. The molecule has 37 heavy (non-hydrogen) atoms. The van der Waals surface area contributed by atoms with Crippen molar-refractivity contribution in [2.75, 3.05) is 11.1 Å². The second-order valence-corrected chi connectivity index (χ2v) is 9.42. The Morgan fingerprint density at radius 2 is 2.03 bits per heavy atom. The van der Waals surface area contributed by atoms with Crippen molar-refractivity contribution in [2.45, 2.75) is 31.3 Å². The fourth-order valence-electron chi connectivity index (χ4n) is 5.14. The first-order valence-electron chi connectivity index (χ1n) is 11.6. The number of pyridine rings is 1.